The molecule has 0 radical (unpaired) electrons. The number of carbonyl (C=O) groups is 4. The van der Waals surface area contributed by atoms with Gasteiger partial charge in [-0.15, -0.1) is 0 Å². The van der Waals surface area contributed by atoms with Gasteiger partial charge in [-0.3, -0.25) is 19.2 Å². The second kappa shape index (κ2) is 19.1. The molecule has 12 nitrogen and oxygen atoms in total. The van der Waals surface area contributed by atoms with Gasteiger partial charge in [0.05, 0.1) is 74.8 Å². The first-order chi connectivity index (χ1) is 30.6. The lowest BCUT2D eigenvalue weighted by Crippen LogP contribution is -2.39. The van der Waals surface area contributed by atoms with E-state index in [1.165, 1.54) is 14.2 Å². The molecule has 6 aromatic rings. The van der Waals surface area contributed by atoms with E-state index in [1.807, 2.05) is 84.6 Å². The van der Waals surface area contributed by atoms with Crippen molar-refractivity contribution in [3.8, 4) is 44.8 Å². The summed E-state index contributed by atoms with van der Waals surface area (Å²) in [5.74, 6) is -0.602. The van der Waals surface area contributed by atoms with Crippen LogP contribution in [0.15, 0.2) is 116 Å². The number of esters is 2. The van der Waals surface area contributed by atoms with E-state index in [4.69, 9.17) is 19.4 Å². The van der Waals surface area contributed by atoms with Crippen molar-refractivity contribution in [1.82, 2.24) is 29.7 Å². The standard InChI is InChI=1S/C51H54N6O6/c1-32(2)39(28-46(58)62-3)50(60)56-25-11-17-44(56)49-53-31-43(55-49)37-23-24-38(40(27-37)33-13-7-5-8-14-33)35-19-21-36(22-20-35)42-30-52-48(54-42)45-18-12-26-57(45)51(61)41(29-47(59)63-4)34-15-9-6-10-16-34/h5-10,13-16,19-24,27,30-32,39,41,44-45H,11-12,17-18,25-26,28-29H2,1-4H3,(H,52,54)(H,53,55)/t39-,41+,44-,45-/m0/s1. The second-order valence-corrected chi connectivity index (χ2v) is 16.8. The van der Waals surface area contributed by atoms with E-state index in [0.717, 1.165) is 87.7 Å². The van der Waals surface area contributed by atoms with E-state index in [1.54, 1.807) is 0 Å². The summed E-state index contributed by atoms with van der Waals surface area (Å²) in [5.41, 5.74) is 8.69. The third-order valence-corrected chi connectivity index (χ3v) is 12.7. The van der Waals surface area contributed by atoms with Gasteiger partial charge in [-0.25, -0.2) is 9.97 Å². The minimum absolute atomic E-state index is 0.0120. The molecule has 2 amide bonds. The van der Waals surface area contributed by atoms with Crippen molar-refractivity contribution in [2.45, 2.75) is 70.4 Å². The van der Waals surface area contributed by atoms with Crippen LogP contribution in [0.2, 0.25) is 0 Å². The monoisotopic (exact) mass is 846 g/mol. The molecule has 0 bridgehead atoms. The zero-order chi connectivity index (χ0) is 44.0. The molecule has 8 rings (SSSR count). The molecule has 2 aliphatic heterocycles. The van der Waals surface area contributed by atoms with E-state index in [-0.39, 0.29) is 48.6 Å². The average molecular weight is 847 g/mol. The number of hydrogen-bond acceptors (Lipinski definition) is 8. The predicted molar refractivity (Wildman–Crippen MR) is 241 cm³/mol. The van der Waals surface area contributed by atoms with E-state index >= 15 is 0 Å². The molecule has 0 aliphatic carbocycles. The Bertz CT molecular complexity index is 2550. The van der Waals surface area contributed by atoms with Crippen molar-refractivity contribution in [3.05, 3.63) is 133 Å². The molecule has 0 spiro atoms. The number of imidazole rings is 2. The molecule has 4 heterocycles. The van der Waals surface area contributed by atoms with Crippen LogP contribution in [0.25, 0.3) is 44.8 Å². The average Bonchev–Trinajstić information content (AvgIpc) is 4.17. The van der Waals surface area contributed by atoms with Crippen LogP contribution in [0.5, 0.6) is 0 Å². The molecule has 2 N–H and O–H groups in total. The molecule has 2 aliphatic rings. The number of aromatic amines is 2. The number of H-pyrrole nitrogens is 2. The summed E-state index contributed by atoms with van der Waals surface area (Å²) in [6, 6.07) is 34.1. The van der Waals surface area contributed by atoms with E-state index < -0.39 is 17.8 Å². The zero-order valence-electron chi connectivity index (χ0n) is 36.3. The highest BCUT2D eigenvalue weighted by Gasteiger charge is 2.39. The first-order valence-corrected chi connectivity index (χ1v) is 21.8. The lowest BCUT2D eigenvalue weighted by atomic mass is 9.90. The van der Waals surface area contributed by atoms with Gasteiger partial charge in [0.1, 0.15) is 11.6 Å². The fraction of sp³-hybridized carbons (Fsp3) is 0.333. The minimum Gasteiger partial charge on any atom is -0.469 e. The number of nitrogens with zero attached hydrogens (tertiary/aromatic N) is 4. The van der Waals surface area contributed by atoms with Gasteiger partial charge in [-0.1, -0.05) is 111 Å². The Labute approximate surface area is 368 Å². The van der Waals surface area contributed by atoms with Gasteiger partial charge in [0.2, 0.25) is 11.8 Å². The maximum Gasteiger partial charge on any atom is 0.306 e. The normalized spacial score (nSPS) is 17.2. The van der Waals surface area contributed by atoms with E-state index in [2.05, 4.69) is 64.6 Å². The van der Waals surface area contributed by atoms with Crippen molar-refractivity contribution < 1.29 is 28.7 Å². The zero-order valence-corrected chi connectivity index (χ0v) is 36.3. The van der Waals surface area contributed by atoms with Crippen LogP contribution >= 0.6 is 0 Å². The fourth-order valence-electron chi connectivity index (χ4n) is 9.15. The lowest BCUT2D eigenvalue weighted by molar-refractivity contribution is -0.148. The summed E-state index contributed by atoms with van der Waals surface area (Å²) >= 11 is 0. The third kappa shape index (κ3) is 9.21. The number of rotatable bonds is 14. The van der Waals surface area contributed by atoms with Crippen LogP contribution in [0.1, 0.15) is 87.6 Å². The summed E-state index contributed by atoms with van der Waals surface area (Å²) < 4.78 is 9.87. The van der Waals surface area contributed by atoms with Crippen LogP contribution in [0.4, 0.5) is 0 Å². The Kier molecular flexibility index (Phi) is 13.0. The molecule has 2 saturated heterocycles. The van der Waals surface area contributed by atoms with Gasteiger partial charge in [0.25, 0.3) is 0 Å². The molecule has 0 unspecified atom stereocenters. The predicted octanol–water partition coefficient (Wildman–Crippen LogP) is 9.31. The van der Waals surface area contributed by atoms with Crippen molar-refractivity contribution in [2.75, 3.05) is 27.3 Å². The van der Waals surface area contributed by atoms with Gasteiger partial charge in [0.15, 0.2) is 0 Å². The summed E-state index contributed by atoms with van der Waals surface area (Å²) in [5, 5.41) is 0. The van der Waals surface area contributed by atoms with E-state index in [9.17, 15) is 19.2 Å². The number of hydrogen-bond donors (Lipinski definition) is 2. The van der Waals surface area contributed by atoms with Crippen LogP contribution in [-0.4, -0.2) is 80.8 Å². The molecule has 12 heteroatoms. The van der Waals surface area contributed by atoms with E-state index in [0.29, 0.717) is 13.1 Å². The van der Waals surface area contributed by atoms with Crippen LogP contribution in [0.3, 0.4) is 0 Å². The molecular formula is C51H54N6O6. The van der Waals surface area contributed by atoms with Crippen molar-refractivity contribution >= 4 is 23.8 Å². The maximum absolute atomic E-state index is 14.1. The number of ether oxygens (including phenoxy) is 2. The number of aromatic nitrogens is 4. The van der Waals surface area contributed by atoms with Crippen molar-refractivity contribution in [3.63, 3.8) is 0 Å². The summed E-state index contributed by atoms with van der Waals surface area (Å²) in [4.78, 5) is 72.8. The maximum atomic E-state index is 14.1. The number of amides is 2. The number of methoxy groups -OCH3 is 2. The van der Waals surface area contributed by atoms with Gasteiger partial charge in [-0.2, -0.15) is 0 Å². The Balaban J connectivity index is 1.02. The lowest BCUT2D eigenvalue weighted by Gasteiger charge is -2.29. The second-order valence-electron chi connectivity index (χ2n) is 16.8. The number of carbonyl (C=O) groups excluding carboxylic acids is 4. The van der Waals surface area contributed by atoms with Crippen LogP contribution in [0, 0.1) is 11.8 Å². The highest BCUT2D eigenvalue weighted by molar-refractivity contribution is 5.89. The fourth-order valence-corrected chi connectivity index (χ4v) is 9.15. The highest BCUT2D eigenvalue weighted by atomic mass is 16.5. The number of likely N-dealkylation sites (tertiary alicyclic amines) is 2. The summed E-state index contributed by atoms with van der Waals surface area (Å²) in [6.45, 7) is 5.14. The minimum atomic E-state index is -0.642. The Morgan fingerprint density at radius 1 is 0.619 bits per heavy atom. The van der Waals surface area contributed by atoms with Crippen molar-refractivity contribution in [1.29, 1.82) is 0 Å². The number of benzene rings is 4. The topological polar surface area (TPSA) is 151 Å². The summed E-state index contributed by atoms with van der Waals surface area (Å²) in [6.07, 6.45) is 6.95. The van der Waals surface area contributed by atoms with Gasteiger partial charge >= 0.3 is 11.9 Å². The molecule has 0 saturated carbocycles. The molecule has 324 valence electrons. The molecule has 4 atom stereocenters. The van der Waals surface area contributed by atoms with Gasteiger partial charge in [-0.05, 0) is 71.0 Å². The Morgan fingerprint density at radius 2 is 1.13 bits per heavy atom. The largest absolute Gasteiger partial charge is 0.469 e. The molecular weight excluding hydrogens is 793 g/mol. The van der Waals surface area contributed by atoms with Crippen LogP contribution < -0.4 is 0 Å². The smallest absolute Gasteiger partial charge is 0.306 e. The number of nitrogens with one attached hydrogen (secondary N) is 2. The first kappa shape index (κ1) is 42.9. The third-order valence-electron chi connectivity index (χ3n) is 12.7. The highest BCUT2D eigenvalue weighted by Crippen LogP contribution is 2.39. The summed E-state index contributed by atoms with van der Waals surface area (Å²) in [7, 11) is 2.70. The molecule has 2 aromatic heterocycles. The van der Waals surface area contributed by atoms with Crippen LogP contribution in [-0.2, 0) is 28.7 Å². The quantitative estimate of drug-likeness (QED) is 0.103. The molecule has 63 heavy (non-hydrogen) atoms. The Morgan fingerprint density at radius 3 is 1.71 bits per heavy atom. The van der Waals surface area contributed by atoms with Gasteiger partial charge in [0, 0.05) is 18.7 Å². The first-order valence-electron chi connectivity index (χ1n) is 21.8. The SMILES string of the molecule is COC(=O)C[C@H](C(=O)N1CCC[C@H]1c1ncc(-c2ccc(-c3ccc(-c4cnc([C@@H]5CCCN5C(=O)[C@H](CC(=O)OC)c5ccccc5)[nH]4)cc3)c(-c3ccccc3)c2)[nH]1)C(C)C. The van der Waals surface area contributed by atoms with Gasteiger partial charge < -0.3 is 29.2 Å². The molecule has 2 fully saturated rings. The van der Waals surface area contributed by atoms with Crippen molar-refractivity contribution in [2.24, 2.45) is 11.8 Å². The molecule has 4 aromatic carbocycles. The Hall–Kier alpha value is -6.82.